The van der Waals surface area contributed by atoms with Crippen LogP contribution in [0.3, 0.4) is 0 Å². The first-order valence-electron chi connectivity index (χ1n) is 5.71. The number of hydrogen-bond donors (Lipinski definition) is 1. The molecule has 1 aliphatic rings. The molecule has 88 valence electrons. The Bertz CT molecular complexity index is 337. The summed E-state index contributed by atoms with van der Waals surface area (Å²) in [6.45, 7) is 0.905. The summed E-state index contributed by atoms with van der Waals surface area (Å²) in [5.41, 5.74) is 2.60. The van der Waals surface area contributed by atoms with Crippen LogP contribution in [0.4, 0.5) is 5.69 Å². The van der Waals surface area contributed by atoms with E-state index in [4.69, 9.17) is 0 Å². The highest BCUT2D eigenvalue weighted by Crippen LogP contribution is 2.27. The van der Waals surface area contributed by atoms with Crippen LogP contribution in [0.2, 0.25) is 0 Å². The van der Waals surface area contributed by atoms with Gasteiger partial charge in [0.15, 0.2) is 0 Å². The second-order valence-corrected chi connectivity index (χ2v) is 5.31. The van der Waals surface area contributed by atoms with Crippen molar-refractivity contribution in [1.82, 2.24) is 10.3 Å². The molecule has 1 fully saturated rings. The van der Waals surface area contributed by atoms with Gasteiger partial charge in [-0.05, 0) is 30.9 Å². The molecule has 0 aliphatic carbocycles. The average Bonchev–Trinajstić information content (AvgIpc) is 2.83. The maximum absolute atomic E-state index is 4.24. The molecule has 1 atom stereocenters. The van der Waals surface area contributed by atoms with Gasteiger partial charge in [0.1, 0.15) is 0 Å². The van der Waals surface area contributed by atoms with Crippen LogP contribution >= 0.6 is 11.8 Å². The monoisotopic (exact) mass is 237 g/mol. The Morgan fingerprint density at radius 2 is 2.50 bits per heavy atom. The molecule has 3 nitrogen and oxygen atoms in total. The van der Waals surface area contributed by atoms with Crippen molar-refractivity contribution in [2.24, 2.45) is 0 Å². The molecule has 4 heteroatoms. The minimum Gasteiger partial charge on any atom is -0.369 e. The second-order valence-electron chi connectivity index (χ2n) is 4.16. The molecule has 2 heterocycles. The Morgan fingerprint density at radius 3 is 3.19 bits per heavy atom. The quantitative estimate of drug-likeness (QED) is 0.863. The lowest BCUT2D eigenvalue weighted by molar-refractivity contribution is 0.691. The van der Waals surface area contributed by atoms with E-state index in [9.17, 15) is 0 Å². The first-order valence-corrected chi connectivity index (χ1v) is 6.86. The fourth-order valence-electron chi connectivity index (χ4n) is 2.10. The Morgan fingerprint density at radius 1 is 1.62 bits per heavy atom. The topological polar surface area (TPSA) is 28.2 Å². The standard InChI is InChI=1S/C12H19N3S/c1-13-7-10-3-5-14-8-12(10)15(2)11-4-6-16-9-11/h3,5,8,11,13H,4,6-7,9H2,1-2H3. The van der Waals surface area contributed by atoms with E-state index in [-0.39, 0.29) is 0 Å². The highest BCUT2D eigenvalue weighted by Gasteiger charge is 2.21. The summed E-state index contributed by atoms with van der Waals surface area (Å²) in [5, 5.41) is 3.21. The van der Waals surface area contributed by atoms with Crippen LogP contribution in [0, 0.1) is 0 Å². The van der Waals surface area contributed by atoms with E-state index in [1.165, 1.54) is 29.2 Å². The van der Waals surface area contributed by atoms with Gasteiger partial charge < -0.3 is 10.2 Å². The molecule has 1 aromatic heterocycles. The number of hydrogen-bond acceptors (Lipinski definition) is 4. The molecule has 0 aromatic carbocycles. The average molecular weight is 237 g/mol. The SMILES string of the molecule is CNCc1ccncc1N(C)C1CCSC1. The third-order valence-corrected chi connectivity index (χ3v) is 4.23. The lowest BCUT2D eigenvalue weighted by Crippen LogP contribution is -2.32. The van der Waals surface area contributed by atoms with Crippen molar-refractivity contribution < 1.29 is 0 Å². The maximum Gasteiger partial charge on any atom is 0.0598 e. The van der Waals surface area contributed by atoms with Crippen molar-refractivity contribution >= 4 is 17.4 Å². The molecular weight excluding hydrogens is 218 g/mol. The summed E-state index contributed by atoms with van der Waals surface area (Å²) in [4.78, 5) is 6.63. The molecule has 0 bridgehead atoms. The van der Waals surface area contributed by atoms with Crippen LogP contribution in [0.5, 0.6) is 0 Å². The van der Waals surface area contributed by atoms with Gasteiger partial charge in [0, 0.05) is 31.6 Å². The predicted octanol–water partition coefficient (Wildman–Crippen LogP) is 1.74. The Balaban J connectivity index is 2.17. The molecule has 1 N–H and O–H groups in total. The number of thioether (sulfide) groups is 1. The van der Waals surface area contributed by atoms with E-state index in [2.05, 4.69) is 28.3 Å². The fourth-order valence-corrected chi connectivity index (χ4v) is 3.36. The van der Waals surface area contributed by atoms with E-state index in [1.54, 1.807) is 0 Å². The van der Waals surface area contributed by atoms with Crippen molar-refractivity contribution in [3.8, 4) is 0 Å². The Kier molecular flexibility index (Phi) is 4.07. The van der Waals surface area contributed by atoms with Crippen LogP contribution in [-0.2, 0) is 6.54 Å². The van der Waals surface area contributed by atoms with Crippen LogP contribution in [0.15, 0.2) is 18.5 Å². The van der Waals surface area contributed by atoms with Crippen molar-refractivity contribution in [1.29, 1.82) is 0 Å². The van der Waals surface area contributed by atoms with Crippen molar-refractivity contribution in [3.63, 3.8) is 0 Å². The molecule has 1 unspecified atom stereocenters. The Hall–Kier alpha value is -0.740. The van der Waals surface area contributed by atoms with E-state index in [0.717, 1.165) is 6.54 Å². The molecule has 0 spiro atoms. The zero-order valence-corrected chi connectivity index (χ0v) is 10.8. The first-order chi connectivity index (χ1) is 7.83. The fraction of sp³-hybridized carbons (Fsp3) is 0.583. The molecule has 0 saturated carbocycles. The molecule has 1 saturated heterocycles. The highest BCUT2D eigenvalue weighted by atomic mass is 32.2. The number of anilines is 1. The second kappa shape index (κ2) is 5.55. The number of pyridine rings is 1. The number of rotatable bonds is 4. The van der Waals surface area contributed by atoms with E-state index in [1.807, 2.05) is 31.2 Å². The van der Waals surface area contributed by atoms with Gasteiger partial charge in [0.05, 0.1) is 11.9 Å². The molecule has 0 radical (unpaired) electrons. The van der Waals surface area contributed by atoms with Crippen LogP contribution < -0.4 is 10.2 Å². The largest absolute Gasteiger partial charge is 0.369 e. The summed E-state index contributed by atoms with van der Waals surface area (Å²) < 4.78 is 0. The van der Waals surface area contributed by atoms with Gasteiger partial charge >= 0.3 is 0 Å². The number of aromatic nitrogens is 1. The zero-order chi connectivity index (χ0) is 11.4. The van der Waals surface area contributed by atoms with Gasteiger partial charge in [-0.2, -0.15) is 11.8 Å². The van der Waals surface area contributed by atoms with E-state index < -0.39 is 0 Å². The third kappa shape index (κ3) is 2.50. The summed E-state index contributed by atoms with van der Waals surface area (Å²) in [7, 11) is 4.17. The number of nitrogens with one attached hydrogen (secondary N) is 1. The highest BCUT2D eigenvalue weighted by molar-refractivity contribution is 7.99. The summed E-state index contributed by atoms with van der Waals surface area (Å²) in [6.07, 6.45) is 5.14. The van der Waals surface area contributed by atoms with E-state index >= 15 is 0 Å². The van der Waals surface area contributed by atoms with Gasteiger partial charge in [-0.25, -0.2) is 0 Å². The lowest BCUT2D eigenvalue weighted by atomic mass is 10.1. The normalized spacial score (nSPS) is 20.0. The number of nitrogens with zero attached hydrogens (tertiary/aromatic N) is 2. The summed E-state index contributed by atoms with van der Waals surface area (Å²) >= 11 is 2.05. The van der Waals surface area contributed by atoms with Gasteiger partial charge in [0.2, 0.25) is 0 Å². The molecule has 0 amide bonds. The molecule has 16 heavy (non-hydrogen) atoms. The molecule has 1 aromatic rings. The van der Waals surface area contributed by atoms with Crippen molar-refractivity contribution in [2.75, 3.05) is 30.5 Å². The minimum absolute atomic E-state index is 0.671. The van der Waals surface area contributed by atoms with Gasteiger partial charge in [-0.3, -0.25) is 4.98 Å². The first kappa shape index (κ1) is 11.7. The van der Waals surface area contributed by atoms with E-state index in [0.29, 0.717) is 6.04 Å². The molecule has 1 aliphatic heterocycles. The molecule has 2 rings (SSSR count). The summed E-state index contributed by atoms with van der Waals surface area (Å²) in [5.74, 6) is 2.53. The Labute approximate surface area is 102 Å². The third-order valence-electron chi connectivity index (χ3n) is 3.09. The smallest absolute Gasteiger partial charge is 0.0598 e. The van der Waals surface area contributed by atoms with Crippen LogP contribution in [-0.4, -0.2) is 36.6 Å². The maximum atomic E-state index is 4.24. The van der Waals surface area contributed by atoms with Crippen molar-refractivity contribution in [3.05, 3.63) is 24.0 Å². The molecular formula is C12H19N3S. The van der Waals surface area contributed by atoms with Gasteiger partial charge in [-0.1, -0.05) is 0 Å². The van der Waals surface area contributed by atoms with Crippen molar-refractivity contribution in [2.45, 2.75) is 19.0 Å². The van der Waals surface area contributed by atoms with Crippen LogP contribution in [0.25, 0.3) is 0 Å². The van der Waals surface area contributed by atoms with Gasteiger partial charge in [-0.15, -0.1) is 0 Å². The van der Waals surface area contributed by atoms with Gasteiger partial charge in [0.25, 0.3) is 0 Å². The zero-order valence-electron chi connectivity index (χ0n) is 9.94. The summed E-state index contributed by atoms with van der Waals surface area (Å²) in [6, 6.07) is 2.77. The minimum atomic E-state index is 0.671. The lowest BCUT2D eigenvalue weighted by Gasteiger charge is -2.27. The van der Waals surface area contributed by atoms with Crippen LogP contribution in [0.1, 0.15) is 12.0 Å². The predicted molar refractivity (Wildman–Crippen MR) is 71.1 cm³/mol.